The topological polar surface area (TPSA) is 71.5 Å². The first-order valence-electron chi connectivity index (χ1n) is 8.66. The molecule has 0 saturated carbocycles. The summed E-state index contributed by atoms with van der Waals surface area (Å²) in [5.41, 5.74) is 0.860. The predicted octanol–water partition coefficient (Wildman–Crippen LogP) is 1.99. The Morgan fingerprint density at radius 3 is 2.96 bits per heavy atom. The van der Waals surface area contributed by atoms with E-state index in [2.05, 4.69) is 10.3 Å². The molecule has 1 N–H and O–H groups in total. The molecule has 0 unspecified atom stereocenters. The number of amides is 2. The van der Waals surface area contributed by atoms with Crippen LogP contribution in [0.5, 0.6) is 5.88 Å². The van der Waals surface area contributed by atoms with E-state index < -0.39 is 0 Å². The Bertz CT molecular complexity index is 574. The third kappa shape index (κ3) is 4.69. The molecule has 6 heteroatoms. The lowest BCUT2D eigenvalue weighted by Crippen LogP contribution is -2.46. The average Bonchev–Trinajstić information content (AvgIpc) is 2.60. The van der Waals surface area contributed by atoms with Crippen LogP contribution in [0.2, 0.25) is 0 Å². The van der Waals surface area contributed by atoms with Crippen LogP contribution in [0.4, 0.5) is 0 Å². The highest BCUT2D eigenvalue weighted by Gasteiger charge is 2.29. The summed E-state index contributed by atoms with van der Waals surface area (Å²) >= 11 is 0. The third-order valence-corrected chi connectivity index (χ3v) is 4.18. The first-order chi connectivity index (χ1) is 11.5. The van der Waals surface area contributed by atoms with E-state index in [4.69, 9.17) is 4.74 Å². The molecule has 1 aliphatic heterocycles. The number of rotatable bonds is 6. The third-order valence-electron chi connectivity index (χ3n) is 4.18. The number of aromatic nitrogens is 1. The minimum Gasteiger partial charge on any atom is -0.478 e. The van der Waals surface area contributed by atoms with Crippen LogP contribution < -0.4 is 10.1 Å². The van der Waals surface area contributed by atoms with Crippen molar-refractivity contribution in [2.45, 2.75) is 40.2 Å². The number of carbonyl (C=O) groups excluding carboxylic acids is 2. The molecule has 0 aliphatic carbocycles. The number of likely N-dealkylation sites (tertiary alicyclic amines) is 1. The number of piperidine rings is 1. The van der Waals surface area contributed by atoms with Gasteiger partial charge in [-0.15, -0.1) is 0 Å². The van der Waals surface area contributed by atoms with E-state index in [1.165, 1.54) is 0 Å². The molecular formula is C18H27N3O3. The lowest BCUT2D eigenvalue weighted by atomic mass is 9.96. The van der Waals surface area contributed by atoms with Crippen LogP contribution in [-0.4, -0.2) is 41.4 Å². The van der Waals surface area contributed by atoms with Crippen LogP contribution >= 0.6 is 0 Å². The molecule has 24 heavy (non-hydrogen) atoms. The first kappa shape index (κ1) is 18.2. The van der Waals surface area contributed by atoms with Crippen LogP contribution in [0.3, 0.4) is 0 Å². The summed E-state index contributed by atoms with van der Waals surface area (Å²) in [6, 6.07) is 3.72. The van der Waals surface area contributed by atoms with Crippen molar-refractivity contribution in [1.82, 2.24) is 15.2 Å². The van der Waals surface area contributed by atoms with Gasteiger partial charge in [0.05, 0.1) is 12.5 Å². The highest BCUT2D eigenvalue weighted by atomic mass is 16.5. The van der Waals surface area contributed by atoms with E-state index in [1.807, 2.05) is 37.8 Å². The van der Waals surface area contributed by atoms with Gasteiger partial charge in [0.1, 0.15) is 0 Å². The van der Waals surface area contributed by atoms with E-state index >= 15 is 0 Å². The highest BCUT2D eigenvalue weighted by Crippen LogP contribution is 2.19. The molecule has 132 valence electrons. The Morgan fingerprint density at radius 1 is 1.46 bits per heavy atom. The highest BCUT2D eigenvalue weighted by molar-refractivity contribution is 5.82. The molecule has 0 bridgehead atoms. The molecule has 1 saturated heterocycles. The van der Waals surface area contributed by atoms with E-state index in [1.54, 1.807) is 6.20 Å². The monoisotopic (exact) mass is 333 g/mol. The number of pyridine rings is 1. The van der Waals surface area contributed by atoms with Crippen LogP contribution in [0.1, 0.15) is 39.2 Å². The van der Waals surface area contributed by atoms with Crippen molar-refractivity contribution in [2.24, 2.45) is 11.8 Å². The molecule has 1 aromatic heterocycles. The molecule has 2 amide bonds. The second-order valence-corrected chi connectivity index (χ2v) is 6.40. The largest absolute Gasteiger partial charge is 0.478 e. The summed E-state index contributed by atoms with van der Waals surface area (Å²) in [4.78, 5) is 30.6. The predicted molar refractivity (Wildman–Crippen MR) is 91.4 cm³/mol. The molecule has 6 nitrogen and oxygen atoms in total. The summed E-state index contributed by atoms with van der Waals surface area (Å²) in [5, 5.41) is 2.96. The van der Waals surface area contributed by atoms with E-state index in [0.29, 0.717) is 25.6 Å². The zero-order valence-corrected chi connectivity index (χ0v) is 14.7. The molecule has 1 fully saturated rings. The maximum atomic E-state index is 12.5. The fraction of sp³-hybridized carbons (Fsp3) is 0.611. The maximum absolute atomic E-state index is 12.5. The van der Waals surface area contributed by atoms with E-state index in [9.17, 15) is 9.59 Å². The van der Waals surface area contributed by atoms with Crippen LogP contribution in [0, 0.1) is 11.8 Å². The molecule has 1 atom stereocenters. The van der Waals surface area contributed by atoms with Gasteiger partial charge in [0.2, 0.25) is 17.7 Å². The van der Waals surface area contributed by atoms with Gasteiger partial charge in [-0.25, -0.2) is 4.98 Å². The van der Waals surface area contributed by atoms with Crippen LogP contribution in [0.25, 0.3) is 0 Å². The minimum atomic E-state index is -0.145. The number of ether oxygens (including phenoxy) is 1. The zero-order chi connectivity index (χ0) is 17.5. The fourth-order valence-corrected chi connectivity index (χ4v) is 2.91. The number of nitrogens with one attached hydrogen (secondary N) is 1. The van der Waals surface area contributed by atoms with Gasteiger partial charge in [0.15, 0.2) is 0 Å². The van der Waals surface area contributed by atoms with Crippen molar-refractivity contribution >= 4 is 11.8 Å². The molecule has 2 heterocycles. The normalized spacial score (nSPS) is 17.7. The Kier molecular flexibility index (Phi) is 6.58. The molecule has 1 aromatic rings. The molecule has 2 rings (SSSR count). The molecular weight excluding hydrogens is 306 g/mol. The summed E-state index contributed by atoms with van der Waals surface area (Å²) in [6.45, 7) is 7.86. The number of hydrogen-bond donors (Lipinski definition) is 1. The van der Waals surface area contributed by atoms with Crippen molar-refractivity contribution in [3.63, 3.8) is 0 Å². The lowest BCUT2D eigenvalue weighted by molar-refractivity contribution is -0.138. The summed E-state index contributed by atoms with van der Waals surface area (Å²) in [5.74, 6) is 0.492. The molecule has 0 radical (unpaired) electrons. The van der Waals surface area contributed by atoms with Crippen molar-refractivity contribution < 1.29 is 14.3 Å². The van der Waals surface area contributed by atoms with Gasteiger partial charge in [-0.2, -0.15) is 0 Å². The van der Waals surface area contributed by atoms with E-state index in [-0.39, 0.29) is 23.7 Å². The van der Waals surface area contributed by atoms with Gasteiger partial charge in [-0.3, -0.25) is 9.59 Å². The fourth-order valence-electron chi connectivity index (χ4n) is 2.91. The van der Waals surface area contributed by atoms with Crippen LogP contribution in [0.15, 0.2) is 18.3 Å². The van der Waals surface area contributed by atoms with Gasteiger partial charge >= 0.3 is 0 Å². The summed E-state index contributed by atoms with van der Waals surface area (Å²) in [7, 11) is 0. The quantitative estimate of drug-likeness (QED) is 0.864. The zero-order valence-electron chi connectivity index (χ0n) is 14.7. The molecule has 0 spiro atoms. The number of nitrogens with zero attached hydrogens (tertiary/aromatic N) is 2. The number of hydrogen-bond acceptors (Lipinski definition) is 4. The molecule has 0 aromatic carbocycles. The van der Waals surface area contributed by atoms with Crippen molar-refractivity contribution in [2.75, 3.05) is 19.7 Å². The Morgan fingerprint density at radius 2 is 2.25 bits per heavy atom. The van der Waals surface area contributed by atoms with Crippen molar-refractivity contribution in [3.05, 3.63) is 23.9 Å². The summed E-state index contributed by atoms with van der Waals surface area (Å²) in [6.07, 6.45) is 3.36. The average molecular weight is 333 g/mol. The second-order valence-electron chi connectivity index (χ2n) is 6.40. The SMILES string of the molecule is CCOc1ncccc1CNC(=O)[C@H]1CCCN(C(=O)C(C)C)C1. The Hall–Kier alpha value is -2.11. The Balaban J connectivity index is 1.92. The van der Waals surface area contributed by atoms with Crippen LogP contribution in [-0.2, 0) is 16.1 Å². The second kappa shape index (κ2) is 8.66. The Labute approximate surface area is 143 Å². The summed E-state index contributed by atoms with van der Waals surface area (Å²) < 4.78 is 5.47. The van der Waals surface area contributed by atoms with Gasteiger partial charge in [0, 0.05) is 37.3 Å². The number of carbonyl (C=O) groups is 2. The first-order valence-corrected chi connectivity index (χ1v) is 8.66. The minimum absolute atomic E-state index is 0.0115. The lowest BCUT2D eigenvalue weighted by Gasteiger charge is -2.33. The van der Waals surface area contributed by atoms with Crippen molar-refractivity contribution in [1.29, 1.82) is 0 Å². The smallest absolute Gasteiger partial charge is 0.225 e. The standard InChI is InChI=1S/C18H27N3O3/c1-4-24-17-14(7-5-9-19-17)11-20-16(22)15-8-6-10-21(12-15)18(23)13(2)3/h5,7,9,13,15H,4,6,8,10-12H2,1-3H3,(H,20,22)/t15-/m0/s1. The maximum Gasteiger partial charge on any atom is 0.225 e. The van der Waals surface area contributed by atoms with Gasteiger partial charge < -0.3 is 15.0 Å². The van der Waals surface area contributed by atoms with Gasteiger partial charge in [0.25, 0.3) is 0 Å². The van der Waals surface area contributed by atoms with Crippen molar-refractivity contribution in [3.8, 4) is 5.88 Å². The van der Waals surface area contributed by atoms with Gasteiger partial charge in [-0.05, 0) is 25.8 Å². The van der Waals surface area contributed by atoms with E-state index in [0.717, 1.165) is 24.9 Å². The molecule has 1 aliphatic rings. The van der Waals surface area contributed by atoms with Gasteiger partial charge in [-0.1, -0.05) is 19.9 Å².